The third-order valence-electron chi connectivity index (χ3n) is 2.65. The first kappa shape index (κ1) is 13.2. The van der Waals surface area contributed by atoms with Crippen LogP contribution < -0.4 is 5.32 Å². The van der Waals surface area contributed by atoms with Crippen LogP contribution in [-0.2, 0) is 4.74 Å². The topological polar surface area (TPSA) is 41.6 Å². The van der Waals surface area contributed by atoms with E-state index in [-0.39, 0.29) is 12.6 Å². The summed E-state index contributed by atoms with van der Waals surface area (Å²) < 4.78 is 28.7. The molecule has 0 bridgehead atoms. The average Bonchev–Trinajstić information content (AvgIpc) is 2.24. The summed E-state index contributed by atoms with van der Waals surface area (Å²) in [7, 11) is 1.32. The van der Waals surface area contributed by atoms with Crippen molar-refractivity contribution < 1.29 is 18.3 Å². The summed E-state index contributed by atoms with van der Waals surface area (Å²) >= 11 is 0. The van der Waals surface area contributed by atoms with Crippen LogP contribution in [0.4, 0.5) is 13.6 Å². The highest BCUT2D eigenvalue weighted by Gasteiger charge is 2.28. The van der Waals surface area contributed by atoms with E-state index in [1.165, 1.54) is 7.11 Å². The minimum atomic E-state index is -2.36. The number of alkyl halides is 2. The smallest absolute Gasteiger partial charge is 0.409 e. The standard InChI is InChI=1S/C10H18F2N2O2/c1-7-3-8(13-4-9(11)12)6-14(5-7)10(15)16-2/h7-9,13H,3-6H2,1-2H3. The van der Waals surface area contributed by atoms with Gasteiger partial charge in [0, 0.05) is 19.1 Å². The number of halogens is 2. The number of hydrogen-bond acceptors (Lipinski definition) is 3. The maximum atomic E-state index is 12.0. The van der Waals surface area contributed by atoms with Crippen molar-refractivity contribution in [2.24, 2.45) is 5.92 Å². The molecule has 0 aromatic rings. The predicted octanol–water partition coefficient (Wildman–Crippen LogP) is 1.32. The monoisotopic (exact) mass is 236 g/mol. The van der Waals surface area contributed by atoms with Crippen molar-refractivity contribution in [1.82, 2.24) is 10.2 Å². The number of nitrogens with one attached hydrogen (secondary N) is 1. The molecule has 1 aliphatic rings. The third kappa shape index (κ3) is 3.92. The van der Waals surface area contributed by atoms with Crippen molar-refractivity contribution in [3.8, 4) is 0 Å². The number of rotatable bonds is 3. The summed E-state index contributed by atoms with van der Waals surface area (Å²) in [4.78, 5) is 12.9. The molecule has 0 saturated carbocycles. The van der Waals surface area contributed by atoms with E-state index < -0.39 is 12.5 Å². The van der Waals surface area contributed by atoms with E-state index in [1.54, 1.807) is 4.90 Å². The van der Waals surface area contributed by atoms with Crippen LogP contribution >= 0.6 is 0 Å². The van der Waals surface area contributed by atoms with E-state index in [9.17, 15) is 13.6 Å². The van der Waals surface area contributed by atoms with Gasteiger partial charge in [-0.1, -0.05) is 6.92 Å². The molecule has 4 nitrogen and oxygen atoms in total. The number of amides is 1. The second kappa shape index (κ2) is 5.98. The lowest BCUT2D eigenvalue weighted by Crippen LogP contribution is -2.51. The van der Waals surface area contributed by atoms with Gasteiger partial charge in [-0.25, -0.2) is 13.6 Å². The number of methoxy groups -OCH3 is 1. The molecule has 2 unspecified atom stereocenters. The van der Waals surface area contributed by atoms with Gasteiger partial charge < -0.3 is 15.0 Å². The molecule has 1 amide bonds. The lowest BCUT2D eigenvalue weighted by molar-refractivity contribution is 0.0867. The van der Waals surface area contributed by atoms with Crippen LogP contribution in [0.5, 0.6) is 0 Å². The van der Waals surface area contributed by atoms with Crippen molar-refractivity contribution >= 4 is 6.09 Å². The van der Waals surface area contributed by atoms with Crippen LogP contribution in [0.25, 0.3) is 0 Å². The van der Waals surface area contributed by atoms with E-state index in [1.807, 2.05) is 6.92 Å². The van der Waals surface area contributed by atoms with E-state index in [0.29, 0.717) is 19.0 Å². The molecule has 0 spiro atoms. The van der Waals surface area contributed by atoms with Gasteiger partial charge in [0.2, 0.25) is 0 Å². The first-order valence-electron chi connectivity index (χ1n) is 5.37. The number of hydrogen-bond donors (Lipinski definition) is 1. The molecule has 1 heterocycles. The first-order chi connectivity index (χ1) is 7.52. The third-order valence-corrected chi connectivity index (χ3v) is 2.65. The van der Waals surface area contributed by atoms with Crippen LogP contribution in [0.3, 0.4) is 0 Å². The zero-order valence-corrected chi connectivity index (χ0v) is 9.58. The van der Waals surface area contributed by atoms with E-state index >= 15 is 0 Å². The van der Waals surface area contributed by atoms with Gasteiger partial charge in [-0.15, -0.1) is 0 Å². The van der Waals surface area contributed by atoms with Gasteiger partial charge in [0.05, 0.1) is 13.7 Å². The minimum Gasteiger partial charge on any atom is -0.453 e. The molecular weight excluding hydrogens is 218 g/mol. The van der Waals surface area contributed by atoms with Crippen molar-refractivity contribution in [3.05, 3.63) is 0 Å². The van der Waals surface area contributed by atoms with Crippen molar-refractivity contribution in [2.45, 2.75) is 25.8 Å². The molecule has 1 saturated heterocycles. The van der Waals surface area contributed by atoms with E-state index in [0.717, 1.165) is 6.42 Å². The fraction of sp³-hybridized carbons (Fsp3) is 0.900. The maximum Gasteiger partial charge on any atom is 0.409 e. The normalized spacial score (nSPS) is 25.9. The molecule has 0 aliphatic carbocycles. The fourth-order valence-electron chi connectivity index (χ4n) is 2.03. The van der Waals surface area contributed by atoms with Crippen molar-refractivity contribution in [1.29, 1.82) is 0 Å². The molecule has 0 radical (unpaired) electrons. The van der Waals surface area contributed by atoms with Crippen LogP contribution in [0.2, 0.25) is 0 Å². The molecule has 2 atom stereocenters. The SMILES string of the molecule is COC(=O)N1CC(C)CC(NCC(F)F)C1. The molecule has 0 aromatic carbocycles. The predicted molar refractivity (Wildman–Crippen MR) is 55.6 cm³/mol. The largest absolute Gasteiger partial charge is 0.453 e. The second-order valence-electron chi connectivity index (χ2n) is 4.21. The Balaban J connectivity index is 2.44. The Kier molecular flexibility index (Phi) is 4.92. The summed E-state index contributed by atoms with van der Waals surface area (Å²) in [5.41, 5.74) is 0. The Bertz CT molecular complexity index is 239. The molecule has 0 aromatic heterocycles. The van der Waals surface area contributed by atoms with Crippen LogP contribution in [0.1, 0.15) is 13.3 Å². The average molecular weight is 236 g/mol. The summed E-state index contributed by atoms with van der Waals surface area (Å²) in [5.74, 6) is 0.294. The van der Waals surface area contributed by atoms with Crippen molar-refractivity contribution in [2.75, 3.05) is 26.7 Å². The molecule has 1 fully saturated rings. The number of likely N-dealkylation sites (tertiary alicyclic amines) is 1. The Hall–Kier alpha value is -0.910. The summed E-state index contributed by atoms with van der Waals surface area (Å²) in [6, 6.07) is -0.0724. The number of piperidine rings is 1. The molecule has 1 N–H and O–H groups in total. The van der Waals surface area contributed by atoms with Gasteiger partial charge in [0.15, 0.2) is 0 Å². The van der Waals surface area contributed by atoms with Gasteiger partial charge in [-0.3, -0.25) is 0 Å². The summed E-state index contributed by atoms with van der Waals surface area (Å²) in [5, 5.41) is 2.76. The van der Waals surface area contributed by atoms with Gasteiger partial charge in [0.1, 0.15) is 0 Å². The highest BCUT2D eigenvalue weighted by atomic mass is 19.3. The second-order valence-corrected chi connectivity index (χ2v) is 4.21. The fourth-order valence-corrected chi connectivity index (χ4v) is 2.03. The Labute approximate surface area is 93.9 Å². The zero-order valence-electron chi connectivity index (χ0n) is 9.58. The van der Waals surface area contributed by atoms with Gasteiger partial charge in [0.25, 0.3) is 6.43 Å². The quantitative estimate of drug-likeness (QED) is 0.803. The number of carbonyl (C=O) groups is 1. The summed E-state index contributed by atoms with van der Waals surface area (Å²) in [6.45, 7) is 2.72. The van der Waals surface area contributed by atoms with Gasteiger partial charge >= 0.3 is 6.09 Å². The van der Waals surface area contributed by atoms with E-state index in [2.05, 4.69) is 10.1 Å². The number of ether oxygens (including phenoxy) is 1. The molecule has 1 aliphatic heterocycles. The van der Waals surface area contributed by atoms with Gasteiger partial charge in [-0.05, 0) is 12.3 Å². The lowest BCUT2D eigenvalue weighted by Gasteiger charge is -2.35. The first-order valence-corrected chi connectivity index (χ1v) is 5.37. The number of carbonyl (C=O) groups excluding carboxylic acids is 1. The maximum absolute atomic E-state index is 12.0. The molecular formula is C10H18F2N2O2. The Morgan fingerprint density at radius 2 is 2.25 bits per heavy atom. The lowest BCUT2D eigenvalue weighted by atomic mass is 9.96. The molecule has 94 valence electrons. The van der Waals surface area contributed by atoms with Crippen LogP contribution in [0, 0.1) is 5.92 Å². The highest BCUT2D eigenvalue weighted by Crippen LogP contribution is 2.17. The molecule has 6 heteroatoms. The van der Waals surface area contributed by atoms with E-state index in [4.69, 9.17) is 0 Å². The molecule has 16 heavy (non-hydrogen) atoms. The zero-order chi connectivity index (χ0) is 12.1. The van der Waals surface area contributed by atoms with Gasteiger partial charge in [-0.2, -0.15) is 0 Å². The Morgan fingerprint density at radius 1 is 1.56 bits per heavy atom. The van der Waals surface area contributed by atoms with Crippen LogP contribution in [0.15, 0.2) is 0 Å². The van der Waals surface area contributed by atoms with Crippen LogP contribution in [-0.4, -0.2) is 50.2 Å². The molecule has 1 rings (SSSR count). The number of nitrogens with zero attached hydrogens (tertiary/aromatic N) is 1. The van der Waals surface area contributed by atoms with Crippen molar-refractivity contribution in [3.63, 3.8) is 0 Å². The Morgan fingerprint density at radius 3 is 2.81 bits per heavy atom. The summed E-state index contributed by atoms with van der Waals surface area (Å²) in [6.07, 6.45) is -1.94. The minimum absolute atomic E-state index is 0.0724. The highest BCUT2D eigenvalue weighted by molar-refractivity contribution is 5.67.